The summed E-state index contributed by atoms with van der Waals surface area (Å²) in [5.74, 6) is 12.4. The van der Waals surface area contributed by atoms with Crippen molar-refractivity contribution < 1.29 is 88.9 Å². The molecule has 73 heavy (non-hydrogen) atoms. The lowest BCUT2D eigenvalue weighted by atomic mass is 10.0. The minimum Gasteiger partial charge on any atom is -0.453 e. The van der Waals surface area contributed by atoms with Crippen molar-refractivity contribution in [2.45, 2.75) is 74.1 Å². The number of ether oxygens (including phenoxy) is 11. The van der Waals surface area contributed by atoms with Crippen LogP contribution in [0.2, 0.25) is 0 Å². The van der Waals surface area contributed by atoms with Crippen molar-refractivity contribution in [3.8, 4) is 61.7 Å². The van der Waals surface area contributed by atoms with Gasteiger partial charge in [0.25, 0.3) is 0 Å². The van der Waals surface area contributed by atoms with Gasteiger partial charge in [-0.3, -0.25) is 0 Å². The number of terminal acetylenes is 5. The summed E-state index contributed by atoms with van der Waals surface area (Å²) in [6, 6.07) is 0. The fourth-order valence-corrected chi connectivity index (χ4v) is 9.23. The monoisotopic (exact) mass is 1030 g/mol. The molecule has 0 radical (unpaired) electrons. The molecule has 0 aromatic carbocycles. The summed E-state index contributed by atoms with van der Waals surface area (Å²) in [5, 5.41) is 0. The molecule has 406 valence electrons. The molecule has 0 unspecified atom stereocenters. The summed E-state index contributed by atoms with van der Waals surface area (Å²) >= 11 is 0. The molecule has 6 aliphatic rings. The van der Waals surface area contributed by atoms with Gasteiger partial charge in [0.1, 0.15) is 88.5 Å². The van der Waals surface area contributed by atoms with E-state index in [0.717, 1.165) is 22.1 Å². The predicted octanol–water partition coefficient (Wildman–Crippen LogP) is -0.958. The van der Waals surface area contributed by atoms with Crippen LogP contribution in [0, 0.1) is 67.6 Å². The summed E-state index contributed by atoms with van der Waals surface area (Å²) < 4.78 is 65.7. The first kappa shape index (κ1) is 61.2. The molecule has 6 aliphatic heterocycles. The summed E-state index contributed by atoms with van der Waals surface area (Å²) in [7, 11) is 19.7. The average molecular weight is 1030 g/mol. The van der Waals surface area contributed by atoms with Crippen LogP contribution in [0.25, 0.3) is 0 Å². The zero-order valence-corrected chi connectivity index (χ0v) is 45.5. The molecule has 6 fully saturated rings. The fraction of sp³-hybridized carbons (Fsp3) is 0.759. The van der Waals surface area contributed by atoms with E-state index >= 15 is 0 Å². The Bertz CT molecular complexity index is 1940. The lowest BCUT2D eigenvalue weighted by Crippen LogP contribution is -2.46. The van der Waals surface area contributed by atoms with Gasteiger partial charge in [-0.1, -0.05) is 6.92 Å². The van der Waals surface area contributed by atoms with Gasteiger partial charge in [-0.2, -0.15) is 0 Å². The molecular weight excluding hydrogens is 943 g/mol. The van der Waals surface area contributed by atoms with Crippen LogP contribution in [-0.4, -0.2) is 296 Å². The molecule has 19 heteroatoms. The smallest absolute Gasteiger partial charge is 0.362 e. The molecule has 12 atom stereocenters. The number of quaternary nitrogens is 5. The van der Waals surface area contributed by atoms with Crippen LogP contribution in [0.15, 0.2) is 0 Å². The first-order chi connectivity index (χ1) is 34.3. The number of rotatable bonds is 22. The lowest BCUT2D eigenvalue weighted by Gasteiger charge is -2.28. The predicted molar refractivity (Wildman–Crippen MR) is 270 cm³/mol. The van der Waals surface area contributed by atoms with Crippen molar-refractivity contribution in [1.29, 1.82) is 0 Å². The Hall–Kier alpha value is -4.31. The number of carbonyl (C=O) groups excluding carboxylic acids is 3. The van der Waals surface area contributed by atoms with Gasteiger partial charge < -0.3 is 74.5 Å². The molecule has 6 rings (SSSR count). The quantitative estimate of drug-likeness (QED) is 0.0567. The molecule has 0 aromatic rings. The van der Waals surface area contributed by atoms with Gasteiger partial charge in [-0.05, 0) is 29.6 Å². The third-order valence-corrected chi connectivity index (χ3v) is 13.4. The van der Waals surface area contributed by atoms with E-state index in [1.54, 1.807) is 0 Å². The highest BCUT2D eigenvalue weighted by atomic mass is 16.7. The van der Waals surface area contributed by atoms with Crippen molar-refractivity contribution in [2.75, 3.05) is 189 Å². The molecule has 0 amide bonds. The third kappa shape index (κ3) is 19.4. The Labute approximate surface area is 436 Å². The molecule has 0 N–H and O–H groups in total. The number of nitrogens with zero attached hydrogens (tertiary/aromatic N) is 5. The van der Waals surface area contributed by atoms with E-state index in [2.05, 4.69) is 64.7 Å². The number of hydrogen-bond acceptors (Lipinski definition) is 14. The zero-order valence-electron chi connectivity index (χ0n) is 45.5. The lowest BCUT2D eigenvalue weighted by molar-refractivity contribution is -0.883. The van der Waals surface area contributed by atoms with E-state index in [0.29, 0.717) is 91.7 Å². The normalized spacial score (nSPS) is 29.2. The highest BCUT2D eigenvalue weighted by Crippen LogP contribution is 2.34. The molecule has 0 spiro atoms. The maximum absolute atomic E-state index is 12.2. The SMILES string of the molecule is C#CC[N+](C)(C)CC(=O)O[C@H]1CO[C@H]2[C@@H]1OC[C@H]2C.C#CC[N+](C)(C)CC(=O)O[C@H]1CO[C@H]2[C@@H]1OC[C@H]2OC(=O)C[N+](C)(C)CC#C.C#CC[N+](C)(C)CCO[C@H]1CO[C@H]2[C@@H]1OC[C@H]2OCC[N+](C)(C)CC#C. The Morgan fingerprint density at radius 2 is 0.644 bits per heavy atom. The highest BCUT2D eigenvalue weighted by molar-refractivity contribution is 5.72. The van der Waals surface area contributed by atoms with E-state index in [1.807, 2.05) is 42.3 Å². The molecule has 0 aromatic heterocycles. The number of likely N-dealkylation sites (N-methyl/N-ethyl adjacent to an activating group) is 5. The van der Waals surface area contributed by atoms with Crippen molar-refractivity contribution in [1.82, 2.24) is 0 Å². The minimum atomic E-state index is -0.527. The molecule has 6 saturated heterocycles. The summed E-state index contributed by atoms with van der Waals surface area (Å²) in [6.07, 6.45) is 24.3. The van der Waals surface area contributed by atoms with Crippen LogP contribution in [0.3, 0.4) is 0 Å². The zero-order chi connectivity index (χ0) is 54.2. The number of fused-ring (bicyclic) bond motifs is 3. The summed E-state index contributed by atoms with van der Waals surface area (Å²) in [4.78, 5) is 36.4. The van der Waals surface area contributed by atoms with Gasteiger partial charge in [-0.15, -0.1) is 32.1 Å². The second-order valence-electron chi connectivity index (χ2n) is 23.1. The van der Waals surface area contributed by atoms with Gasteiger partial charge in [0.15, 0.2) is 37.9 Å². The van der Waals surface area contributed by atoms with Crippen LogP contribution in [-0.2, 0) is 66.5 Å². The Balaban J connectivity index is 0.000000242. The van der Waals surface area contributed by atoms with Crippen LogP contribution in [0.1, 0.15) is 6.92 Å². The van der Waals surface area contributed by atoms with E-state index in [-0.39, 0.29) is 93.5 Å². The van der Waals surface area contributed by atoms with Crippen molar-refractivity contribution >= 4 is 17.9 Å². The molecule has 0 aliphatic carbocycles. The number of hydrogen-bond donors (Lipinski definition) is 0. The standard InChI is InChI=1S/C20H30N2O6.C20H34N2O4.C14H22NO4/c1-7-9-21(3,4)11-17(23)27-15-13-25-20-16(14-26-19(15)20)28-18(24)12-22(5,6)10-8-2;1-7-9-21(3,4)11-13-23-17-15-25-20-18(16-26-19(17)20)24-14-12-22(5,6)10-8-2;1-5-6-15(3,4)7-12(16)19-11-9-18-13-10(2)8-17-14(11)13/h1-2,15-16,19-20H,9-14H2,3-6H3;1-2,17-20H,9-16H2,3-6H3;1,10-11,13-14H,6-9H2,2-4H3/q2*+2;+1/t15-,16+,19-,20-;17-,18+,19-,20-;10-,11+,13-,14-/m111/s1. The van der Waals surface area contributed by atoms with Crippen LogP contribution >= 0.6 is 0 Å². The molecule has 6 heterocycles. The Kier molecular flexibility index (Phi) is 23.0. The largest absolute Gasteiger partial charge is 0.453 e. The van der Waals surface area contributed by atoms with Gasteiger partial charge in [-0.25, -0.2) is 14.4 Å². The van der Waals surface area contributed by atoms with Gasteiger partial charge in [0.05, 0.1) is 129 Å². The van der Waals surface area contributed by atoms with E-state index in [9.17, 15) is 14.4 Å². The molecular formula is C54H86N5O14+5. The molecule has 0 saturated carbocycles. The highest BCUT2D eigenvalue weighted by Gasteiger charge is 2.52. The topological polar surface area (TPSA) is 153 Å². The van der Waals surface area contributed by atoms with Gasteiger partial charge in [0, 0.05) is 5.92 Å². The van der Waals surface area contributed by atoms with E-state index in [1.165, 1.54) is 0 Å². The Morgan fingerprint density at radius 1 is 0.397 bits per heavy atom. The fourth-order valence-electron chi connectivity index (χ4n) is 9.23. The van der Waals surface area contributed by atoms with Crippen LogP contribution in [0.4, 0.5) is 0 Å². The maximum Gasteiger partial charge on any atom is 0.362 e. The molecule has 0 bridgehead atoms. The van der Waals surface area contributed by atoms with Crippen molar-refractivity contribution in [2.24, 2.45) is 5.92 Å². The van der Waals surface area contributed by atoms with Crippen LogP contribution < -0.4 is 0 Å². The second kappa shape index (κ2) is 27.5. The summed E-state index contributed by atoms with van der Waals surface area (Å²) in [6.45, 7) is 11.0. The van der Waals surface area contributed by atoms with Gasteiger partial charge >= 0.3 is 17.9 Å². The minimum absolute atomic E-state index is 0.0342. The number of carbonyl (C=O) groups is 3. The number of esters is 3. The second-order valence-corrected chi connectivity index (χ2v) is 23.1. The van der Waals surface area contributed by atoms with Gasteiger partial charge in [0.2, 0.25) is 0 Å². The van der Waals surface area contributed by atoms with Crippen LogP contribution in [0.5, 0.6) is 0 Å². The first-order valence-corrected chi connectivity index (χ1v) is 25.1. The van der Waals surface area contributed by atoms with E-state index in [4.69, 9.17) is 84.2 Å². The molecule has 19 nitrogen and oxygen atoms in total. The third-order valence-electron chi connectivity index (χ3n) is 13.4. The summed E-state index contributed by atoms with van der Waals surface area (Å²) in [5.41, 5.74) is 0. The van der Waals surface area contributed by atoms with Crippen molar-refractivity contribution in [3.05, 3.63) is 0 Å². The maximum atomic E-state index is 12.2. The van der Waals surface area contributed by atoms with Crippen molar-refractivity contribution in [3.63, 3.8) is 0 Å². The first-order valence-electron chi connectivity index (χ1n) is 25.1. The average Bonchev–Trinajstić information content (AvgIpc) is 4.13. The van der Waals surface area contributed by atoms with E-state index < -0.39 is 24.4 Å². The Morgan fingerprint density at radius 3 is 0.959 bits per heavy atom.